The van der Waals surface area contributed by atoms with Gasteiger partial charge in [-0.1, -0.05) is 65.3 Å². The average Bonchev–Trinajstić information content (AvgIpc) is 3.09. The molecule has 0 radical (unpaired) electrons. The molecule has 7 atom stereocenters. The number of rotatable bonds is 5. The Bertz CT molecular complexity index is 936. The summed E-state index contributed by atoms with van der Waals surface area (Å²) in [7, 11) is 0. The van der Waals surface area contributed by atoms with Gasteiger partial charge in [-0.05, 0) is 97.9 Å². The van der Waals surface area contributed by atoms with Gasteiger partial charge in [0.15, 0.2) is 5.78 Å². The molecule has 2 saturated carbocycles. The zero-order valence-corrected chi connectivity index (χ0v) is 21.8. The minimum absolute atomic E-state index is 0.0678. The van der Waals surface area contributed by atoms with E-state index in [1.807, 2.05) is 12.2 Å². The molecule has 0 spiro atoms. The van der Waals surface area contributed by atoms with Crippen LogP contribution in [0.4, 0.5) is 0 Å². The molecule has 0 aromatic carbocycles. The van der Waals surface area contributed by atoms with E-state index in [-0.39, 0.29) is 21.7 Å². The van der Waals surface area contributed by atoms with Gasteiger partial charge in [-0.25, -0.2) is 4.79 Å². The lowest BCUT2D eigenvalue weighted by Crippen LogP contribution is -2.60. The molecular formula is C30H44O3. The zero-order valence-electron chi connectivity index (χ0n) is 21.8. The molecule has 3 nitrogen and oxygen atoms in total. The number of carbonyl (C=O) groups is 2. The van der Waals surface area contributed by atoms with Crippen LogP contribution >= 0.6 is 0 Å². The van der Waals surface area contributed by atoms with Crippen LogP contribution in [0.5, 0.6) is 0 Å². The number of aliphatic carboxylic acids is 1. The van der Waals surface area contributed by atoms with Gasteiger partial charge in [-0.2, -0.15) is 0 Å². The summed E-state index contributed by atoms with van der Waals surface area (Å²) in [6.45, 7) is 15.9. The van der Waals surface area contributed by atoms with E-state index >= 15 is 0 Å². The number of carbonyl (C=O) groups excluding carboxylic acids is 1. The number of allylic oxidation sites excluding steroid dienone is 5. The fourth-order valence-corrected chi connectivity index (χ4v) is 8.88. The van der Waals surface area contributed by atoms with Gasteiger partial charge in [0.2, 0.25) is 0 Å². The van der Waals surface area contributed by atoms with Crippen molar-refractivity contribution < 1.29 is 14.7 Å². The Balaban J connectivity index is 1.61. The van der Waals surface area contributed by atoms with Crippen LogP contribution in [0.25, 0.3) is 0 Å². The van der Waals surface area contributed by atoms with E-state index in [4.69, 9.17) is 5.11 Å². The van der Waals surface area contributed by atoms with Crippen LogP contribution in [0.15, 0.2) is 35.5 Å². The van der Waals surface area contributed by atoms with Crippen molar-refractivity contribution in [1.29, 1.82) is 0 Å². The summed E-state index contributed by atoms with van der Waals surface area (Å²) in [5.74, 6) is 1.64. The van der Waals surface area contributed by atoms with Crippen molar-refractivity contribution in [3.8, 4) is 0 Å². The van der Waals surface area contributed by atoms with Gasteiger partial charge in [0.25, 0.3) is 0 Å². The number of fused-ring (bicyclic) bond motifs is 5. The number of hydrogen-bond acceptors (Lipinski definition) is 2. The smallest absolute Gasteiger partial charge is 0.330 e. The molecule has 1 N–H and O–H groups in total. The molecule has 4 aliphatic rings. The molecule has 182 valence electrons. The maximum atomic E-state index is 12.7. The van der Waals surface area contributed by atoms with Gasteiger partial charge in [0.05, 0.1) is 0 Å². The molecular weight excluding hydrogens is 408 g/mol. The molecule has 0 aromatic heterocycles. The highest BCUT2D eigenvalue weighted by Gasteiger charge is 2.66. The second-order valence-corrected chi connectivity index (χ2v) is 13.0. The van der Waals surface area contributed by atoms with E-state index in [0.29, 0.717) is 35.0 Å². The van der Waals surface area contributed by atoms with Crippen molar-refractivity contribution >= 4 is 11.8 Å². The number of ketones is 1. The average molecular weight is 453 g/mol. The van der Waals surface area contributed by atoms with Crippen LogP contribution in [0.3, 0.4) is 0 Å². The van der Waals surface area contributed by atoms with Gasteiger partial charge < -0.3 is 5.11 Å². The summed E-state index contributed by atoms with van der Waals surface area (Å²) in [5, 5.41) is 9.13. The number of carboxylic acids is 1. The first-order chi connectivity index (χ1) is 15.3. The second kappa shape index (κ2) is 7.95. The van der Waals surface area contributed by atoms with E-state index in [1.54, 1.807) is 12.5 Å². The molecule has 2 fully saturated rings. The SMILES string of the molecule is C/C(=C\CC[C@H](C)[C@@H]1CC[C@]2(C)C1=CC[C@@H]1[C@]3(C)C=CC(=O)C(C)(C)[C@@H]3CC[C@]12C)C(=O)O. The third kappa shape index (κ3) is 3.43. The number of carboxylic acid groups (broad SMARTS) is 1. The van der Waals surface area contributed by atoms with Crippen LogP contribution < -0.4 is 0 Å². The zero-order chi connectivity index (χ0) is 24.4. The normalized spacial score (nSPS) is 42.8. The quantitative estimate of drug-likeness (QED) is 0.349. The van der Waals surface area contributed by atoms with Crippen LogP contribution in [-0.2, 0) is 9.59 Å². The lowest BCUT2D eigenvalue weighted by atomic mass is 9.38. The highest BCUT2D eigenvalue weighted by molar-refractivity contribution is 5.95. The first-order valence-corrected chi connectivity index (χ1v) is 13.1. The molecule has 3 heteroatoms. The fraction of sp³-hybridized carbons (Fsp3) is 0.733. The largest absolute Gasteiger partial charge is 0.478 e. The Labute approximate surface area is 200 Å². The molecule has 0 heterocycles. The van der Waals surface area contributed by atoms with Crippen molar-refractivity contribution in [2.24, 2.45) is 45.3 Å². The van der Waals surface area contributed by atoms with Crippen LogP contribution in [0.2, 0.25) is 0 Å². The molecule has 33 heavy (non-hydrogen) atoms. The summed E-state index contributed by atoms with van der Waals surface area (Å²) in [6, 6.07) is 0. The van der Waals surface area contributed by atoms with Crippen molar-refractivity contribution in [1.82, 2.24) is 0 Å². The Morgan fingerprint density at radius 1 is 1.15 bits per heavy atom. The van der Waals surface area contributed by atoms with Crippen molar-refractivity contribution in [2.45, 2.75) is 93.4 Å². The summed E-state index contributed by atoms with van der Waals surface area (Å²) in [5.41, 5.74) is 2.40. The van der Waals surface area contributed by atoms with Gasteiger partial charge >= 0.3 is 5.97 Å². The van der Waals surface area contributed by atoms with Gasteiger partial charge in [-0.3, -0.25) is 4.79 Å². The van der Waals surface area contributed by atoms with Gasteiger partial charge in [-0.15, -0.1) is 0 Å². The first-order valence-electron chi connectivity index (χ1n) is 13.1. The summed E-state index contributed by atoms with van der Waals surface area (Å²) < 4.78 is 0. The van der Waals surface area contributed by atoms with Crippen LogP contribution in [0.1, 0.15) is 93.4 Å². The Morgan fingerprint density at radius 2 is 1.85 bits per heavy atom. The second-order valence-electron chi connectivity index (χ2n) is 13.0. The highest BCUT2D eigenvalue weighted by atomic mass is 16.4. The topological polar surface area (TPSA) is 54.4 Å². The lowest BCUT2D eigenvalue weighted by Gasteiger charge is -2.66. The van der Waals surface area contributed by atoms with Crippen LogP contribution in [-0.4, -0.2) is 16.9 Å². The first kappa shape index (κ1) is 24.5. The highest BCUT2D eigenvalue weighted by Crippen LogP contribution is 2.73. The molecule has 4 rings (SSSR count). The summed E-state index contributed by atoms with van der Waals surface area (Å²) in [4.78, 5) is 23.9. The molecule has 0 bridgehead atoms. The minimum atomic E-state index is -0.809. The van der Waals surface area contributed by atoms with Crippen LogP contribution in [0, 0.1) is 45.3 Å². The molecule has 0 amide bonds. The minimum Gasteiger partial charge on any atom is -0.478 e. The monoisotopic (exact) mass is 452 g/mol. The Kier molecular flexibility index (Phi) is 5.90. The summed E-state index contributed by atoms with van der Waals surface area (Å²) in [6.07, 6.45) is 16.5. The molecule has 4 aliphatic carbocycles. The predicted molar refractivity (Wildman–Crippen MR) is 134 cm³/mol. The maximum absolute atomic E-state index is 12.7. The van der Waals surface area contributed by atoms with E-state index in [9.17, 15) is 9.59 Å². The van der Waals surface area contributed by atoms with Gasteiger partial charge in [0, 0.05) is 11.0 Å². The fourth-order valence-electron chi connectivity index (χ4n) is 8.88. The van der Waals surface area contributed by atoms with E-state index < -0.39 is 5.97 Å². The summed E-state index contributed by atoms with van der Waals surface area (Å²) >= 11 is 0. The van der Waals surface area contributed by atoms with E-state index in [2.05, 4.69) is 53.7 Å². The molecule has 0 aromatic rings. The molecule has 0 unspecified atom stereocenters. The Hall–Kier alpha value is -1.64. The van der Waals surface area contributed by atoms with Crippen molar-refractivity contribution in [2.75, 3.05) is 0 Å². The van der Waals surface area contributed by atoms with Crippen molar-refractivity contribution in [3.05, 3.63) is 35.5 Å². The van der Waals surface area contributed by atoms with Crippen molar-refractivity contribution in [3.63, 3.8) is 0 Å². The molecule has 0 aliphatic heterocycles. The Morgan fingerprint density at radius 3 is 2.52 bits per heavy atom. The predicted octanol–water partition coefficient (Wildman–Crippen LogP) is 7.38. The van der Waals surface area contributed by atoms with E-state index in [1.165, 1.54) is 19.3 Å². The molecule has 0 saturated heterocycles. The lowest BCUT2D eigenvalue weighted by molar-refractivity contribution is -0.148. The third-order valence-corrected chi connectivity index (χ3v) is 11.2. The van der Waals surface area contributed by atoms with E-state index in [0.717, 1.165) is 25.7 Å². The van der Waals surface area contributed by atoms with Gasteiger partial charge in [0.1, 0.15) is 0 Å². The third-order valence-electron chi connectivity index (χ3n) is 11.2. The standard InChI is InChI=1S/C30H44O3/c1-19(9-8-10-20(2)26(32)33)21-13-17-29(6)22(21)11-12-24-28(5)16-15-25(31)27(3,4)23(28)14-18-30(24,29)7/h10-11,15-16,19,21,23-24H,8-9,12-14,17-18H2,1-7H3,(H,32,33)/b20-10+/t19-,21-,23-,24+,28+,29+,30+/m0/s1. The number of hydrogen-bond donors (Lipinski definition) is 1. The maximum Gasteiger partial charge on any atom is 0.330 e.